The number of non-ortho nitro benzene ring substituents is 1. The molecule has 0 aromatic heterocycles. The van der Waals surface area contributed by atoms with Crippen LogP contribution in [0, 0.1) is 10.1 Å². The zero-order chi connectivity index (χ0) is 11.4. The number of nitro groups is 1. The van der Waals surface area contributed by atoms with Crippen molar-refractivity contribution < 1.29 is 9.72 Å². The summed E-state index contributed by atoms with van der Waals surface area (Å²) in [5, 5.41) is 13.0. The molecule has 0 unspecified atom stereocenters. The number of nitrogens with two attached hydrogens (primary N) is 1. The summed E-state index contributed by atoms with van der Waals surface area (Å²) in [5.41, 5.74) is 6.04. The van der Waals surface area contributed by atoms with E-state index in [-0.39, 0.29) is 17.3 Å². The number of amides is 1. The van der Waals surface area contributed by atoms with Gasteiger partial charge < -0.3 is 11.1 Å². The molecule has 1 rings (SSSR count). The van der Waals surface area contributed by atoms with E-state index in [1.165, 1.54) is 18.2 Å². The highest BCUT2D eigenvalue weighted by atomic mass is 16.6. The molecule has 1 amide bonds. The van der Waals surface area contributed by atoms with E-state index in [2.05, 4.69) is 5.32 Å². The molecule has 1 aromatic rings. The van der Waals surface area contributed by atoms with Crippen LogP contribution in [0.25, 0.3) is 0 Å². The van der Waals surface area contributed by atoms with Crippen LogP contribution in [0.5, 0.6) is 0 Å². The molecule has 6 nitrogen and oxygen atoms in total. The quantitative estimate of drug-likeness (QED) is 0.448. The van der Waals surface area contributed by atoms with Gasteiger partial charge in [-0.15, -0.1) is 0 Å². The molecule has 0 aliphatic carbocycles. The maximum atomic E-state index is 11.1. The first kappa shape index (κ1) is 11.0. The molecule has 0 heterocycles. The number of anilines is 2. The van der Waals surface area contributed by atoms with Gasteiger partial charge in [-0.25, -0.2) is 0 Å². The Labute approximate surface area is 86.2 Å². The Balaban J connectivity index is 3.00. The predicted octanol–water partition coefficient (Wildman–Crippen LogP) is 1.53. The SMILES string of the molecule is CCC(=O)Nc1cc([N+](=O)[O-])ccc1N. The fourth-order valence-electron chi connectivity index (χ4n) is 1.00. The van der Waals surface area contributed by atoms with Gasteiger partial charge in [0.2, 0.25) is 5.91 Å². The van der Waals surface area contributed by atoms with E-state index >= 15 is 0 Å². The van der Waals surface area contributed by atoms with Gasteiger partial charge in [0, 0.05) is 18.6 Å². The number of benzene rings is 1. The van der Waals surface area contributed by atoms with Gasteiger partial charge in [0.15, 0.2) is 0 Å². The van der Waals surface area contributed by atoms with E-state index in [0.717, 1.165) is 0 Å². The van der Waals surface area contributed by atoms with Gasteiger partial charge in [-0.05, 0) is 6.07 Å². The summed E-state index contributed by atoms with van der Waals surface area (Å²) < 4.78 is 0. The Kier molecular flexibility index (Phi) is 3.22. The molecule has 1 aromatic carbocycles. The van der Waals surface area contributed by atoms with Gasteiger partial charge in [0.05, 0.1) is 16.3 Å². The number of hydrogen-bond donors (Lipinski definition) is 2. The van der Waals surface area contributed by atoms with Gasteiger partial charge >= 0.3 is 0 Å². The second-order valence-corrected chi connectivity index (χ2v) is 2.93. The molecule has 3 N–H and O–H groups in total. The molecule has 0 saturated carbocycles. The highest BCUT2D eigenvalue weighted by molar-refractivity contribution is 5.94. The van der Waals surface area contributed by atoms with Crippen molar-refractivity contribution in [1.29, 1.82) is 0 Å². The van der Waals surface area contributed by atoms with Gasteiger partial charge in [0.1, 0.15) is 0 Å². The van der Waals surface area contributed by atoms with Crippen LogP contribution in [0.15, 0.2) is 18.2 Å². The van der Waals surface area contributed by atoms with Crippen molar-refractivity contribution >= 4 is 23.0 Å². The lowest BCUT2D eigenvalue weighted by Gasteiger charge is -2.06. The minimum absolute atomic E-state index is 0.101. The number of nitro benzene ring substituents is 1. The molecule has 0 radical (unpaired) electrons. The van der Waals surface area contributed by atoms with Crippen molar-refractivity contribution in [2.45, 2.75) is 13.3 Å². The molecule has 6 heteroatoms. The molecule has 0 atom stereocenters. The first-order valence-corrected chi connectivity index (χ1v) is 4.38. The number of rotatable bonds is 3. The molecule has 0 aliphatic heterocycles. The van der Waals surface area contributed by atoms with E-state index in [4.69, 9.17) is 5.73 Å². The van der Waals surface area contributed by atoms with Crippen LogP contribution in [-0.2, 0) is 4.79 Å². The highest BCUT2D eigenvalue weighted by Gasteiger charge is 2.10. The Morgan fingerprint density at radius 1 is 1.60 bits per heavy atom. The molecule has 0 fully saturated rings. The lowest BCUT2D eigenvalue weighted by molar-refractivity contribution is -0.384. The maximum Gasteiger partial charge on any atom is 0.271 e. The number of nitrogens with zero attached hydrogens (tertiary/aromatic N) is 1. The Morgan fingerprint density at radius 3 is 2.80 bits per heavy atom. The lowest BCUT2D eigenvalue weighted by atomic mass is 10.2. The van der Waals surface area contributed by atoms with Gasteiger partial charge in [-0.3, -0.25) is 14.9 Å². The van der Waals surface area contributed by atoms with E-state index in [0.29, 0.717) is 12.1 Å². The van der Waals surface area contributed by atoms with Crippen LogP contribution >= 0.6 is 0 Å². The molecular formula is C9H11N3O3. The minimum Gasteiger partial charge on any atom is -0.397 e. The van der Waals surface area contributed by atoms with Crippen molar-refractivity contribution in [3.8, 4) is 0 Å². The summed E-state index contributed by atoms with van der Waals surface area (Å²) in [6.45, 7) is 1.68. The molecule has 0 aliphatic rings. The van der Waals surface area contributed by atoms with Crippen LogP contribution in [0.1, 0.15) is 13.3 Å². The second kappa shape index (κ2) is 4.41. The van der Waals surface area contributed by atoms with Crippen molar-refractivity contribution in [3.63, 3.8) is 0 Å². The van der Waals surface area contributed by atoms with Gasteiger partial charge in [-0.2, -0.15) is 0 Å². The average Bonchev–Trinajstić information content (AvgIpc) is 2.20. The van der Waals surface area contributed by atoms with Gasteiger partial charge in [-0.1, -0.05) is 6.92 Å². The van der Waals surface area contributed by atoms with E-state index in [1.54, 1.807) is 6.92 Å². The molecule has 0 spiro atoms. The molecule has 15 heavy (non-hydrogen) atoms. The van der Waals surface area contributed by atoms with Crippen LogP contribution < -0.4 is 11.1 Å². The third-order valence-corrected chi connectivity index (χ3v) is 1.84. The second-order valence-electron chi connectivity index (χ2n) is 2.93. The Morgan fingerprint density at radius 2 is 2.27 bits per heavy atom. The average molecular weight is 209 g/mol. The molecule has 0 bridgehead atoms. The van der Waals surface area contributed by atoms with E-state index in [9.17, 15) is 14.9 Å². The fourth-order valence-corrected chi connectivity index (χ4v) is 1.00. The van der Waals surface area contributed by atoms with Crippen LogP contribution in [0.2, 0.25) is 0 Å². The number of carbonyl (C=O) groups is 1. The first-order valence-electron chi connectivity index (χ1n) is 4.38. The Hall–Kier alpha value is -2.11. The first-order chi connectivity index (χ1) is 7.04. The van der Waals surface area contributed by atoms with Crippen LogP contribution in [-0.4, -0.2) is 10.8 Å². The normalized spacial score (nSPS) is 9.67. The largest absolute Gasteiger partial charge is 0.397 e. The van der Waals surface area contributed by atoms with E-state index < -0.39 is 4.92 Å². The summed E-state index contributed by atoms with van der Waals surface area (Å²) in [6.07, 6.45) is 0.294. The third kappa shape index (κ3) is 2.67. The summed E-state index contributed by atoms with van der Waals surface area (Å²) in [7, 11) is 0. The Bertz CT molecular complexity index is 404. The number of nitrogens with one attached hydrogen (secondary N) is 1. The monoisotopic (exact) mass is 209 g/mol. The zero-order valence-electron chi connectivity index (χ0n) is 8.19. The van der Waals surface area contributed by atoms with Crippen LogP contribution in [0.4, 0.5) is 17.1 Å². The number of hydrogen-bond acceptors (Lipinski definition) is 4. The number of carbonyl (C=O) groups excluding carboxylic acids is 1. The zero-order valence-corrected chi connectivity index (χ0v) is 8.19. The van der Waals surface area contributed by atoms with Crippen molar-refractivity contribution in [3.05, 3.63) is 28.3 Å². The lowest BCUT2D eigenvalue weighted by Crippen LogP contribution is -2.11. The van der Waals surface area contributed by atoms with Crippen molar-refractivity contribution in [1.82, 2.24) is 0 Å². The molecular weight excluding hydrogens is 198 g/mol. The summed E-state index contributed by atoms with van der Waals surface area (Å²) in [5.74, 6) is -0.234. The highest BCUT2D eigenvalue weighted by Crippen LogP contribution is 2.24. The van der Waals surface area contributed by atoms with Crippen molar-refractivity contribution in [2.24, 2.45) is 0 Å². The van der Waals surface area contributed by atoms with Crippen molar-refractivity contribution in [2.75, 3.05) is 11.1 Å². The summed E-state index contributed by atoms with van der Waals surface area (Å²) in [6, 6.07) is 3.92. The third-order valence-electron chi connectivity index (χ3n) is 1.84. The minimum atomic E-state index is -0.541. The van der Waals surface area contributed by atoms with E-state index in [1.807, 2.05) is 0 Å². The summed E-state index contributed by atoms with van der Waals surface area (Å²) >= 11 is 0. The standard InChI is InChI=1S/C9H11N3O3/c1-2-9(13)11-8-5-6(12(14)15)3-4-7(8)10/h3-5H,2,10H2,1H3,(H,11,13). The van der Waals surface area contributed by atoms with Crippen LogP contribution in [0.3, 0.4) is 0 Å². The maximum absolute atomic E-state index is 11.1. The smallest absolute Gasteiger partial charge is 0.271 e. The molecule has 0 saturated heterocycles. The predicted molar refractivity (Wildman–Crippen MR) is 56.4 cm³/mol. The number of nitrogen functional groups attached to an aromatic ring is 1. The fraction of sp³-hybridized carbons (Fsp3) is 0.222. The molecule has 80 valence electrons. The topological polar surface area (TPSA) is 98.3 Å². The summed E-state index contributed by atoms with van der Waals surface area (Å²) in [4.78, 5) is 21.0. The van der Waals surface area contributed by atoms with Gasteiger partial charge in [0.25, 0.3) is 5.69 Å².